The van der Waals surface area contributed by atoms with E-state index >= 15 is 0 Å². The van der Waals surface area contributed by atoms with Gasteiger partial charge in [-0.3, -0.25) is 9.89 Å². The van der Waals surface area contributed by atoms with Crippen LogP contribution in [0.2, 0.25) is 0 Å². The summed E-state index contributed by atoms with van der Waals surface area (Å²) in [5, 5.41) is 7.55. The zero-order valence-corrected chi connectivity index (χ0v) is 14.4. The lowest BCUT2D eigenvalue weighted by Gasteiger charge is -2.21. The van der Waals surface area contributed by atoms with Crippen LogP contribution in [0.5, 0.6) is 0 Å². The fraction of sp³-hybridized carbons (Fsp3) is 0.211. The fourth-order valence-corrected chi connectivity index (χ4v) is 2.64. The molecule has 1 amide bonds. The molecule has 0 aliphatic heterocycles. The van der Waals surface area contributed by atoms with Crippen molar-refractivity contribution in [3.8, 4) is 0 Å². The van der Waals surface area contributed by atoms with E-state index in [0.29, 0.717) is 16.6 Å². The first-order valence-corrected chi connectivity index (χ1v) is 8.07. The Morgan fingerprint density at radius 1 is 1.27 bits per heavy atom. The Kier molecular flexibility index (Phi) is 4.97. The summed E-state index contributed by atoms with van der Waals surface area (Å²) in [6.45, 7) is 1.73. The summed E-state index contributed by atoms with van der Waals surface area (Å²) in [6.07, 6.45) is 0.691. The summed E-state index contributed by atoms with van der Waals surface area (Å²) in [5.41, 5.74) is 1.69. The number of carbonyl (C=O) groups excluding carboxylic acids is 2. The molecule has 0 aliphatic rings. The molecule has 0 saturated heterocycles. The highest BCUT2D eigenvalue weighted by Crippen LogP contribution is 2.15. The van der Waals surface area contributed by atoms with Gasteiger partial charge < -0.3 is 9.64 Å². The lowest BCUT2D eigenvalue weighted by Crippen LogP contribution is -2.37. The molecule has 3 rings (SSSR count). The van der Waals surface area contributed by atoms with Crippen LogP contribution in [-0.2, 0) is 16.1 Å². The monoisotopic (exact) mass is 355 g/mol. The maximum atomic E-state index is 13.2. The number of carbonyl (C=O) groups is 2. The standard InChI is InChI=1S/C19H18FN3O3/c1-12(18(24)23(2)11-13-4-3-5-16(20)8-13)26-19(25)14-6-7-15-10-21-22-17(15)9-14/h3-10,12H,11H2,1-2H3,(H,21,22)/t12-/m0/s1. The molecular weight excluding hydrogens is 337 g/mol. The number of likely N-dealkylation sites (N-methyl/N-ethyl adjacent to an activating group) is 1. The molecular formula is C19H18FN3O3. The molecule has 0 unspecified atom stereocenters. The molecule has 0 aliphatic carbocycles. The van der Waals surface area contributed by atoms with Gasteiger partial charge in [0, 0.05) is 19.0 Å². The van der Waals surface area contributed by atoms with Crippen molar-refractivity contribution in [2.24, 2.45) is 0 Å². The molecule has 1 aromatic heterocycles. The van der Waals surface area contributed by atoms with Crippen molar-refractivity contribution in [2.75, 3.05) is 7.05 Å². The number of fused-ring (bicyclic) bond motifs is 1. The maximum Gasteiger partial charge on any atom is 0.338 e. The number of amides is 1. The number of nitrogens with zero attached hydrogens (tertiary/aromatic N) is 2. The van der Waals surface area contributed by atoms with Gasteiger partial charge in [0.25, 0.3) is 5.91 Å². The highest BCUT2D eigenvalue weighted by molar-refractivity contribution is 5.95. The second-order valence-electron chi connectivity index (χ2n) is 6.04. The van der Waals surface area contributed by atoms with Crippen molar-refractivity contribution in [3.05, 3.63) is 65.6 Å². The first kappa shape index (κ1) is 17.6. The molecule has 3 aromatic rings. The van der Waals surface area contributed by atoms with E-state index in [1.54, 1.807) is 43.6 Å². The Morgan fingerprint density at radius 3 is 2.85 bits per heavy atom. The van der Waals surface area contributed by atoms with Crippen LogP contribution in [0.4, 0.5) is 4.39 Å². The molecule has 1 atom stereocenters. The number of H-pyrrole nitrogens is 1. The fourth-order valence-electron chi connectivity index (χ4n) is 2.64. The van der Waals surface area contributed by atoms with E-state index in [9.17, 15) is 14.0 Å². The molecule has 1 N–H and O–H groups in total. The minimum atomic E-state index is -0.960. The van der Waals surface area contributed by atoms with Gasteiger partial charge in [0.2, 0.25) is 0 Å². The highest BCUT2D eigenvalue weighted by Gasteiger charge is 2.22. The molecule has 2 aromatic carbocycles. The third-order valence-corrected chi connectivity index (χ3v) is 3.99. The summed E-state index contributed by atoms with van der Waals surface area (Å²) in [4.78, 5) is 26.1. The van der Waals surface area contributed by atoms with E-state index in [1.165, 1.54) is 24.0 Å². The number of aromatic amines is 1. The minimum Gasteiger partial charge on any atom is -0.449 e. The van der Waals surface area contributed by atoms with Gasteiger partial charge in [0.1, 0.15) is 5.82 Å². The molecule has 134 valence electrons. The Hall–Kier alpha value is -3.22. The van der Waals surface area contributed by atoms with Gasteiger partial charge in [-0.1, -0.05) is 18.2 Å². The topological polar surface area (TPSA) is 75.3 Å². The molecule has 0 bridgehead atoms. The third kappa shape index (κ3) is 3.88. The number of hydrogen-bond donors (Lipinski definition) is 1. The number of hydrogen-bond acceptors (Lipinski definition) is 4. The van der Waals surface area contributed by atoms with Gasteiger partial charge in [0.15, 0.2) is 6.10 Å². The predicted molar refractivity (Wildman–Crippen MR) is 93.8 cm³/mol. The average molecular weight is 355 g/mol. The van der Waals surface area contributed by atoms with E-state index in [4.69, 9.17) is 4.74 Å². The number of esters is 1. The first-order valence-electron chi connectivity index (χ1n) is 8.07. The highest BCUT2D eigenvalue weighted by atomic mass is 19.1. The van der Waals surface area contributed by atoms with Gasteiger partial charge in [0.05, 0.1) is 17.3 Å². The van der Waals surface area contributed by atoms with Crippen LogP contribution in [0.25, 0.3) is 10.9 Å². The quantitative estimate of drug-likeness (QED) is 0.714. The van der Waals surface area contributed by atoms with E-state index in [1.807, 2.05) is 0 Å². The normalized spacial score (nSPS) is 12.0. The van der Waals surface area contributed by atoms with Gasteiger partial charge in [-0.05, 0) is 36.8 Å². The largest absolute Gasteiger partial charge is 0.449 e. The SMILES string of the molecule is C[C@H](OC(=O)c1ccc2cn[nH]c2c1)C(=O)N(C)Cc1cccc(F)c1. The maximum absolute atomic E-state index is 13.2. The summed E-state index contributed by atoms with van der Waals surface area (Å²) in [7, 11) is 1.58. The number of halogens is 1. The zero-order chi connectivity index (χ0) is 18.7. The first-order chi connectivity index (χ1) is 12.4. The molecule has 0 fully saturated rings. The van der Waals surface area contributed by atoms with Gasteiger partial charge >= 0.3 is 5.97 Å². The number of ether oxygens (including phenoxy) is 1. The Balaban J connectivity index is 1.63. The molecule has 0 spiro atoms. The van der Waals surface area contributed by atoms with Crippen LogP contribution in [0.15, 0.2) is 48.7 Å². The van der Waals surface area contributed by atoms with E-state index < -0.39 is 12.1 Å². The van der Waals surface area contributed by atoms with Crippen molar-refractivity contribution in [3.63, 3.8) is 0 Å². The van der Waals surface area contributed by atoms with Gasteiger partial charge in [-0.15, -0.1) is 0 Å². The lowest BCUT2D eigenvalue weighted by molar-refractivity contribution is -0.139. The average Bonchev–Trinajstić information content (AvgIpc) is 3.08. The number of nitrogens with one attached hydrogen (secondary N) is 1. The van der Waals surface area contributed by atoms with Crippen LogP contribution in [-0.4, -0.2) is 40.1 Å². The molecule has 0 radical (unpaired) electrons. The molecule has 7 heteroatoms. The second-order valence-corrected chi connectivity index (χ2v) is 6.04. The van der Waals surface area contributed by atoms with Crippen LogP contribution < -0.4 is 0 Å². The van der Waals surface area contributed by atoms with Crippen molar-refractivity contribution in [2.45, 2.75) is 19.6 Å². The van der Waals surface area contributed by atoms with Gasteiger partial charge in [-0.2, -0.15) is 5.10 Å². The second kappa shape index (κ2) is 7.35. The predicted octanol–water partition coefficient (Wildman–Crippen LogP) is 2.91. The summed E-state index contributed by atoms with van der Waals surface area (Å²) >= 11 is 0. The van der Waals surface area contributed by atoms with Crippen LogP contribution >= 0.6 is 0 Å². The van der Waals surface area contributed by atoms with Crippen LogP contribution in [0.1, 0.15) is 22.8 Å². The summed E-state index contributed by atoms with van der Waals surface area (Å²) in [5.74, 6) is -1.33. The summed E-state index contributed by atoms with van der Waals surface area (Å²) in [6, 6.07) is 11.0. The van der Waals surface area contributed by atoms with E-state index in [0.717, 1.165) is 5.39 Å². The van der Waals surface area contributed by atoms with Crippen molar-refractivity contribution in [1.82, 2.24) is 15.1 Å². The lowest BCUT2D eigenvalue weighted by atomic mass is 10.1. The van der Waals surface area contributed by atoms with E-state index in [-0.39, 0.29) is 18.3 Å². The number of rotatable bonds is 5. The molecule has 6 nitrogen and oxygen atoms in total. The van der Waals surface area contributed by atoms with Crippen LogP contribution in [0, 0.1) is 5.82 Å². The van der Waals surface area contributed by atoms with Crippen LogP contribution in [0.3, 0.4) is 0 Å². The summed E-state index contributed by atoms with van der Waals surface area (Å²) < 4.78 is 18.5. The molecule has 0 saturated carbocycles. The van der Waals surface area contributed by atoms with E-state index in [2.05, 4.69) is 10.2 Å². The minimum absolute atomic E-state index is 0.221. The Labute approximate surface area is 149 Å². The van der Waals surface area contributed by atoms with Gasteiger partial charge in [-0.25, -0.2) is 9.18 Å². The smallest absolute Gasteiger partial charge is 0.338 e. The number of aromatic nitrogens is 2. The molecule has 26 heavy (non-hydrogen) atoms. The van der Waals surface area contributed by atoms with Crippen molar-refractivity contribution >= 4 is 22.8 Å². The third-order valence-electron chi connectivity index (χ3n) is 3.99. The molecule has 1 heterocycles. The zero-order valence-electron chi connectivity index (χ0n) is 14.4. The van der Waals surface area contributed by atoms with Crippen molar-refractivity contribution < 1.29 is 18.7 Å². The Morgan fingerprint density at radius 2 is 2.08 bits per heavy atom. The van der Waals surface area contributed by atoms with Crippen molar-refractivity contribution in [1.29, 1.82) is 0 Å². The number of benzene rings is 2. The Bertz CT molecular complexity index is 954.